The number of aryl methyl sites for hydroxylation is 1. The van der Waals surface area contributed by atoms with E-state index in [1.165, 1.54) is 12.7 Å². The second-order valence-electron chi connectivity index (χ2n) is 7.17. The van der Waals surface area contributed by atoms with Gasteiger partial charge in [-0.2, -0.15) is 4.98 Å². The first-order valence-corrected chi connectivity index (χ1v) is 9.79. The van der Waals surface area contributed by atoms with Gasteiger partial charge in [0.2, 0.25) is 17.6 Å². The predicted octanol–water partition coefficient (Wildman–Crippen LogP) is 2.57. The summed E-state index contributed by atoms with van der Waals surface area (Å²) < 4.78 is 11.2. The first kappa shape index (κ1) is 18.0. The van der Waals surface area contributed by atoms with E-state index in [1.807, 2.05) is 11.8 Å². The topological polar surface area (TPSA) is 94.2 Å². The summed E-state index contributed by atoms with van der Waals surface area (Å²) in [5.41, 5.74) is 1.40. The molecule has 1 aliphatic carbocycles. The van der Waals surface area contributed by atoms with Crippen molar-refractivity contribution in [2.24, 2.45) is 5.92 Å². The summed E-state index contributed by atoms with van der Waals surface area (Å²) in [6, 6.07) is 0. The number of rotatable bonds is 4. The van der Waals surface area contributed by atoms with Crippen molar-refractivity contribution in [1.82, 2.24) is 25.0 Å². The molecular weight excluding hydrogens is 346 g/mol. The van der Waals surface area contributed by atoms with E-state index in [0.717, 1.165) is 25.7 Å². The Bertz CT molecular complexity index is 787. The van der Waals surface area contributed by atoms with Gasteiger partial charge in [-0.05, 0) is 12.8 Å². The molecular formula is C19H25N5O3. The predicted molar refractivity (Wildman–Crippen MR) is 96.6 cm³/mol. The summed E-state index contributed by atoms with van der Waals surface area (Å²) in [5, 5.41) is 4.04. The Kier molecular flexibility index (Phi) is 5.42. The third kappa shape index (κ3) is 3.85. The molecule has 0 unspecified atom stereocenters. The molecule has 8 heteroatoms. The van der Waals surface area contributed by atoms with Crippen LogP contribution in [0.15, 0.2) is 17.0 Å². The number of carbonyl (C=O) groups is 1. The van der Waals surface area contributed by atoms with Crippen LogP contribution in [0.4, 0.5) is 0 Å². The van der Waals surface area contributed by atoms with Crippen molar-refractivity contribution in [3.63, 3.8) is 0 Å². The van der Waals surface area contributed by atoms with Gasteiger partial charge in [-0.15, -0.1) is 0 Å². The minimum Gasteiger partial charge on any atom is -0.368 e. The molecule has 0 radical (unpaired) electrons. The van der Waals surface area contributed by atoms with Gasteiger partial charge in [0.15, 0.2) is 0 Å². The molecule has 27 heavy (non-hydrogen) atoms. The number of nitrogens with zero attached hydrogens (tertiary/aromatic N) is 5. The second-order valence-corrected chi connectivity index (χ2v) is 7.17. The summed E-state index contributed by atoms with van der Waals surface area (Å²) in [6.45, 7) is 3.59. The van der Waals surface area contributed by atoms with Crippen LogP contribution in [0, 0.1) is 5.92 Å². The van der Waals surface area contributed by atoms with Crippen LogP contribution in [0.25, 0.3) is 11.4 Å². The van der Waals surface area contributed by atoms with Crippen molar-refractivity contribution >= 4 is 5.91 Å². The van der Waals surface area contributed by atoms with Gasteiger partial charge < -0.3 is 14.2 Å². The van der Waals surface area contributed by atoms with Crippen molar-refractivity contribution in [2.45, 2.75) is 51.6 Å². The summed E-state index contributed by atoms with van der Waals surface area (Å²) in [6.07, 6.45) is 9.07. The molecule has 1 aliphatic heterocycles. The highest BCUT2D eigenvalue weighted by molar-refractivity contribution is 5.79. The third-order valence-corrected chi connectivity index (χ3v) is 5.39. The van der Waals surface area contributed by atoms with E-state index in [2.05, 4.69) is 20.1 Å². The molecule has 8 nitrogen and oxygen atoms in total. The highest BCUT2D eigenvalue weighted by atomic mass is 16.5. The maximum atomic E-state index is 12.9. The number of amides is 1. The van der Waals surface area contributed by atoms with Crippen LogP contribution in [0.5, 0.6) is 0 Å². The molecule has 1 amide bonds. The van der Waals surface area contributed by atoms with Crippen LogP contribution in [0.3, 0.4) is 0 Å². The summed E-state index contributed by atoms with van der Waals surface area (Å²) in [5.74, 6) is 1.44. The fourth-order valence-electron chi connectivity index (χ4n) is 3.90. The molecule has 2 aromatic rings. The lowest BCUT2D eigenvalue weighted by Crippen LogP contribution is -2.45. The quantitative estimate of drug-likeness (QED) is 0.815. The average molecular weight is 371 g/mol. The van der Waals surface area contributed by atoms with Gasteiger partial charge in [-0.3, -0.25) is 4.79 Å². The van der Waals surface area contributed by atoms with E-state index in [9.17, 15) is 4.79 Å². The monoisotopic (exact) mass is 371 g/mol. The van der Waals surface area contributed by atoms with Crippen molar-refractivity contribution in [3.05, 3.63) is 24.1 Å². The molecule has 2 fully saturated rings. The number of ether oxygens (including phenoxy) is 1. The lowest BCUT2D eigenvalue weighted by Gasteiger charge is -2.36. The molecule has 2 aliphatic rings. The molecule has 0 bridgehead atoms. The van der Waals surface area contributed by atoms with Crippen molar-refractivity contribution in [3.8, 4) is 11.4 Å². The molecule has 4 rings (SSSR count). The molecule has 0 spiro atoms. The van der Waals surface area contributed by atoms with E-state index in [1.54, 1.807) is 6.20 Å². The third-order valence-electron chi connectivity index (χ3n) is 5.39. The van der Waals surface area contributed by atoms with Crippen LogP contribution in [-0.4, -0.2) is 50.6 Å². The molecule has 1 saturated heterocycles. The Morgan fingerprint density at radius 3 is 2.93 bits per heavy atom. The lowest BCUT2D eigenvalue weighted by molar-refractivity contribution is -0.144. The first-order valence-electron chi connectivity index (χ1n) is 9.79. The van der Waals surface area contributed by atoms with Gasteiger partial charge in [0, 0.05) is 25.1 Å². The zero-order valence-corrected chi connectivity index (χ0v) is 15.6. The summed E-state index contributed by atoms with van der Waals surface area (Å²) >= 11 is 0. The Balaban J connectivity index is 1.54. The maximum absolute atomic E-state index is 12.9. The molecule has 0 N–H and O–H groups in total. The van der Waals surface area contributed by atoms with E-state index in [-0.39, 0.29) is 17.9 Å². The van der Waals surface area contributed by atoms with Crippen LogP contribution in [-0.2, 0) is 16.0 Å². The van der Waals surface area contributed by atoms with E-state index in [0.29, 0.717) is 49.1 Å². The zero-order chi connectivity index (χ0) is 18.6. The van der Waals surface area contributed by atoms with Gasteiger partial charge in [0.05, 0.1) is 24.4 Å². The minimum absolute atomic E-state index is 0.159. The van der Waals surface area contributed by atoms with Gasteiger partial charge in [-0.1, -0.05) is 31.3 Å². The molecule has 2 aromatic heterocycles. The zero-order valence-electron chi connectivity index (χ0n) is 15.6. The summed E-state index contributed by atoms with van der Waals surface area (Å²) in [7, 11) is 0. The second kappa shape index (κ2) is 8.12. The average Bonchev–Trinajstić information content (AvgIpc) is 3.23. The maximum Gasteiger partial charge on any atom is 0.226 e. The van der Waals surface area contributed by atoms with Gasteiger partial charge >= 0.3 is 0 Å². The van der Waals surface area contributed by atoms with Crippen molar-refractivity contribution in [1.29, 1.82) is 0 Å². The van der Waals surface area contributed by atoms with Crippen LogP contribution in [0.2, 0.25) is 0 Å². The normalized spacial score (nSPS) is 21.4. The minimum atomic E-state index is -0.312. The number of hydrogen-bond acceptors (Lipinski definition) is 7. The molecule has 1 saturated carbocycles. The first-order chi connectivity index (χ1) is 13.3. The molecule has 1 atom stereocenters. The van der Waals surface area contributed by atoms with E-state index < -0.39 is 0 Å². The highest BCUT2D eigenvalue weighted by Gasteiger charge is 2.32. The highest BCUT2D eigenvalue weighted by Crippen LogP contribution is 2.31. The lowest BCUT2D eigenvalue weighted by atomic mass is 9.88. The van der Waals surface area contributed by atoms with Gasteiger partial charge in [0.25, 0.3) is 0 Å². The molecule has 144 valence electrons. The van der Waals surface area contributed by atoms with Crippen molar-refractivity contribution in [2.75, 3.05) is 19.7 Å². The Morgan fingerprint density at radius 2 is 2.15 bits per heavy atom. The SMILES string of the molecule is CCc1nc(-c2cncnc2[C@H]2CN(C(=O)C3CCCCC3)CCO2)no1. The number of hydrogen-bond donors (Lipinski definition) is 0. The van der Waals surface area contributed by atoms with Crippen LogP contribution >= 0.6 is 0 Å². The van der Waals surface area contributed by atoms with Crippen LogP contribution in [0.1, 0.15) is 56.7 Å². The molecule has 3 heterocycles. The Morgan fingerprint density at radius 1 is 1.30 bits per heavy atom. The standard InChI is InChI=1S/C19H25N5O3/c1-2-16-22-18(23-27-16)14-10-20-12-21-17(14)15-11-24(8-9-26-15)19(25)13-6-4-3-5-7-13/h10,12-13,15H,2-9,11H2,1H3/t15-/m1/s1. The number of carbonyl (C=O) groups excluding carboxylic acids is 1. The molecule has 0 aromatic carbocycles. The van der Waals surface area contributed by atoms with Gasteiger partial charge in [-0.25, -0.2) is 9.97 Å². The van der Waals surface area contributed by atoms with Crippen LogP contribution < -0.4 is 0 Å². The van der Waals surface area contributed by atoms with Gasteiger partial charge in [0.1, 0.15) is 12.4 Å². The van der Waals surface area contributed by atoms with E-state index in [4.69, 9.17) is 9.26 Å². The largest absolute Gasteiger partial charge is 0.368 e. The number of morpholine rings is 1. The Hall–Kier alpha value is -2.35. The fourth-order valence-corrected chi connectivity index (χ4v) is 3.90. The fraction of sp³-hybridized carbons (Fsp3) is 0.632. The van der Waals surface area contributed by atoms with E-state index >= 15 is 0 Å². The summed E-state index contributed by atoms with van der Waals surface area (Å²) in [4.78, 5) is 27.8. The van der Waals surface area contributed by atoms with Crippen molar-refractivity contribution < 1.29 is 14.1 Å². The smallest absolute Gasteiger partial charge is 0.226 e. The Labute approximate surface area is 158 Å². The number of aromatic nitrogens is 4.